The molecular formula is C47H60N8O7. The van der Waals surface area contributed by atoms with E-state index in [0.717, 1.165) is 81.2 Å². The van der Waals surface area contributed by atoms with Crippen LogP contribution in [0.1, 0.15) is 97.4 Å². The van der Waals surface area contributed by atoms with Crippen molar-refractivity contribution in [2.24, 2.45) is 17.8 Å². The second kappa shape index (κ2) is 18.5. The van der Waals surface area contributed by atoms with Crippen LogP contribution in [0.5, 0.6) is 5.75 Å². The van der Waals surface area contributed by atoms with Gasteiger partial charge in [-0.15, -0.1) is 0 Å². The third-order valence-electron chi connectivity index (χ3n) is 12.5. The van der Waals surface area contributed by atoms with Gasteiger partial charge in [-0.2, -0.15) is 0 Å². The zero-order valence-corrected chi connectivity index (χ0v) is 37.3. The largest absolute Gasteiger partial charge is 0.488 e. The molecule has 2 aliphatic rings. The molecule has 1 saturated heterocycles. The molecule has 15 nitrogen and oxygen atoms in total. The van der Waals surface area contributed by atoms with Crippen LogP contribution in [0.2, 0.25) is 0 Å². The molecule has 4 heterocycles. The van der Waals surface area contributed by atoms with Crippen molar-refractivity contribution in [1.29, 1.82) is 0 Å². The lowest BCUT2D eigenvalue weighted by atomic mass is 9.92. The molecule has 4 N–H and O–H groups in total. The summed E-state index contributed by atoms with van der Waals surface area (Å²) in [6, 6.07) is 12.8. The van der Waals surface area contributed by atoms with Crippen molar-refractivity contribution in [3.8, 4) is 28.1 Å². The number of methoxy groups -OCH3 is 2. The number of hydrogen-bond acceptors (Lipinski definition) is 9. The molecule has 330 valence electrons. The van der Waals surface area contributed by atoms with Gasteiger partial charge < -0.3 is 44.6 Å². The van der Waals surface area contributed by atoms with E-state index in [1.165, 1.54) is 14.2 Å². The topological polar surface area (TPSA) is 184 Å². The van der Waals surface area contributed by atoms with Crippen molar-refractivity contribution >= 4 is 45.8 Å². The van der Waals surface area contributed by atoms with Gasteiger partial charge in [0.2, 0.25) is 11.8 Å². The number of rotatable bonds is 14. The Bertz CT molecular complexity index is 2460. The second-order valence-electron chi connectivity index (χ2n) is 17.4. The molecule has 2 aliphatic heterocycles. The maximum atomic E-state index is 14.0. The normalized spacial score (nSPS) is 17.3. The summed E-state index contributed by atoms with van der Waals surface area (Å²) in [5.41, 5.74) is 6.54. The SMILES string of the molecule is CCC[C@H](C)N(Cc1nc2c(ccc3cc4c(cc32)OCc2cc(-c3cnc([C@@H]5C[C@H](CC)CN5C(=O)[C@@H](NC(=O)OC)C(C)C)[nH]3)ccc2-4)[nH]1)C(=O)[C@@H](NC(=O)OC)C(C)C. The van der Waals surface area contributed by atoms with Gasteiger partial charge in [-0.05, 0) is 83.9 Å². The van der Waals surface area contributed by atoms with Crippen LogP contribution in [0, 0.1) is 17.8 Å². The average molecular weight is 849 g/mol. The lowest BCUT2D eigenvalue weighted by molar-refractivity contribution is -0.137. The fraction of sp³-hybridized carbons (Fsp3) is 0.489. The first-order valence-electron chi connectivity index (χ1n) is 21.8. The number of likely N-dealkylation sites (tertiary alicyclic amines) is 1. The van der Waals surface area contributed by atoms with Crippen LogP contribution in [-0.2, 0) is 32.2 Å². The number of aromatic nitrogens is 4. The Morgan fingerprint density at radius 2 is 1.65 bits per heavy atom. The van der Waals surface area contributed by atoms with Crippen molar-refractivity contribution in [1.82, 2.24) is 40.4 Å². The molecule has 5 atom stereocenters. The summed E-state index contributed by atoms with van der Waals surface area (Å²) >= 11 is 0. The van der Waals surface area contributed by atoms with Gasteiger partial charge in [0.15, 0.2) is 0 Å². The van der Waals surface area contributed by atoms with Gasteiger partial charge in [-0.3, -0.25) is 9.59 Å². The van der Waals surface area contributed by atoms with Crippen molar-refractivity contribution in [2.75, 3.05) is 20.8 Å². The lowest BCUT2D eigenvalue weighted by Gasteiger charge is -2.33. The Labute approximate surface area is 362 Å². The van der Waals surface area contributed by atoms with Crippen LogP contribution in [-0.4, -0.2) is 92.6 Å². The minimum absolute atomic E-state index is 0.0859. The quantitative estimate of drug-likeness (QED) is 0.0855. The minimum Gasteiger partial charge on any atom is -0.488 e. The van der Waals surface area contributed by atoms with Crippen molar-refractivity contribution in [3.05, 3.63) is 65.9 Å². The number of hydrogen-bond donors (Lipinski definition) is 4. The van der Waals surface area contributed by atoms with Gasteiger partial charge in [0, 0.05) is 23.5 Å². The van der Waals surface area contributed by atoms with Crippen LogP contribution < -0.4 is 15.4 Å². The van der Waals surface area contributed by atoms with Crippen molar-refractivity contribution in [3.63, 3.8) is 0 Å². The number of imidazole rings is 2. The number of aromatic amines is 2. The van der Waals surface area contributed by atoms with Crippen LogP contribution >= 0.6 is 0 Å². The van der Waals surface area contributed by atoms with Crippen LogP contribution in [0.15, 0.2) is 48.7 Å². The summed E-state index contributed by atoms with van der Waals surface area (Å²) in [7, 11) is 2.59. The number of ether oxygens (including phenoxy) is 3. The molecular weight excluding hydrogens is 789 g/mol. The first kappa shape index (κ1) is 44.0. The molecule has 0 aliphatic carbocycles. The Balaban J connectivity index is 1.14. The number of benzene rings is 3. The summed E-state index contributed by atoms with van der Waals surface area (Å²) in [5.74, 6) is 1.84. The molecule has 0 unspecified atom stereocenters. The Hall–Kier alpha value is -6.12. The molecule has 2 aromatic heterocycles. The minimum atomic E-state index is -0.748. The fourth-order valence-corrected chi connectivity index (χ4v) is 8.90. The zero-order valence-electron chi connectivity index (χ0n) is 37.3. The van der Waals surface area contributed by atoms with Gasteiger partial charge in [0.05, 0.1) is 49.7 Å². The van der Waals surface area contributed by atoms with Gasteiger partial charge in [0.25, 0.3) is 0 Å². The predicted molar refractivity (Wildman–Crippen MR) is 237 cm³/mol. The molecule has 62 heavy (non-hydrogen) atoms. The second-order valence-corrected chi connectivity index (χ2v) is 17.4. The molecule has 0 bridgehead atoms. The highest BCUT2D eigenvalue weighted by molar-refractivity contribution is 6.07. The number of nitrogens with one attached hydrogen (secondary N) is 4. The van der Waals surface area contributed by atoms with Crippen molar-refractivity contribution in [2.45, 2.75) is 111 Å². The summed E-state index contributed by atoms with van der Waals surface area (Å²) in [6.07, 6.45) is 3.95. The number of alkyl carbamates (subject to hydrolysis) is 2. The van der Waals surface area contributed by atoms with E-state index in [9.17, 15) is 19.2 Å². The highest BCUT2D eigenvalue weighted by Gasteiger charge is 2.41. The molecule has 0 spiro atoms. The Morgan fingerprint density at radius 3 is 2.32 bits per heavy atom. The first-order valence-corrected chi connectivity index (χ1v) is 21.8. The van der Waals surface area contributed by atoms with Crippen LogP contribution in [0.3, 0.4) is 0 Å². The summed E-state index contributed by atoms with van der Waals surface area (Å²) in [6.45, 7) is 15.1. The summed E-state index contributed by atoms with van der Waals surface area (Å²) in [5, 5.41) is 7.41. The maximum absolute atomic E-state index is 14.0. The first-order chi connectivity index (χ1) is 29.7. The Kier molecular flexibility index (Phi) is 13.1. The highest BCUT2D eigenvalue weighted by atomic mass is 16.5. The van der Waals surface area contributed by atoms with Gasteiger partial charge in [-0.25, -0.2) is 19.6 Å². The number of carbonyl (C=O) groups is 4. The van der Waals surface area contributed by atoms with E-state index in [-0.39, 0.29) is 42.3 Å². The van der Waals surface area contributed by atoms with Crippen LogP contribution in [0.4, 0.5) is 9.59 Å². The number of H-pyrrole nitrogens is 2. The zero-order chi connectivity index (χ0) is 44.4. The van der Waals surface area contributed by atoms with E-state index in [0.29, 0.717) is 30.7 Å². The fourth-order valence-electron chi connectivity index (χ4n) is 8.90. The number of amides is 4. The molecule has 5 aromatic rings. The van der Waals surface area contributed by atoms with Crippen LogP contribution in [0.25, 0.3) is 44.2 Å². The van der Waals surface area contributed by atoms with E-state index in [1.54, 1.807) is 4.90 Å². The number of nitrogens with zero attached hydrogens (tertiary/aromatic N) is 4. The number of carbonyl (C=O) groups excluding carboxylic acids is 4. The van der Waals surface area contributed by atoms with E-state index < -0.39 is 24.3 Å². The summed E-state index contributed by atoms with van der Waals surface area (Å²) < 4.78 is 16.1. The molecule has 3 aromatic carbocycles. The third kappa shape index (κ3) is 8.80. The van der Waals surface area contributed by atoms with E-state index in [2.05, 4.69) is 70.8 Å². The Morgan fingerprint density at radius 1 is 0.919 bits per heavy atom. The van der Waals surface area contributed by atoms with Crippen molar-refractivity contribution < 1.29 is 33.4 Å². The predicted octanol–water partition coefficient (Wildman–Crippen LogP) is 8.24. The van der Waals surface area contributed by atoms with Gasteiger partial charge >= 0.3 is 12.2 Å². The molecule has 15 heteroatoms. The highest BCUT2D eigenvalue weighted by Crippen LogP contribution is 2.43. The third-order valence-corrected chi connectivity index (χ3v) is 12.5. The molecule has 4 amide bonds. The molecule has 1 fully saturated rings. The standard InChI is InChI=1S/C47H60N8O7/c1-10-12-27(7)54(44(56)40(25(3)4)52-46(58)60-8)23-39-49-35-16-14-29-19-34-32-15-13-30(18-31(32)24-62-38(34)20-33(29)42(35)51-39)36-21-48-43(50-36)37-17-28(11-2)22-55(37)45(57)41(26(5)6)53-47(59)61-9/h13-16,18-21,25-28,37,40-41H,10-12,17,22-24H2,1-9H3,(H,48,50)(H,49,51)(H,52,58)(H,53,59)/t27-,28-,37-,40-,41-/m0/s1. The van der Waals surface area contributed by atoms with Gasteiger partial charge in [-0.1, -0.05) is 72.6 Å². The van der Waals surface area contributed by atoms with E-state index in [1.807, 2.05) is 51.8 Å². The smallest absolute Gasteiger partial charge is 0.407 e. The van der Waals surface area contributed by atoms with Gasteiger partial charge in [0.1, 0.15) is 36.1 Å². The van der Waals surface area contributed by atoms with E-state index in [4.69, 9.17) is 24.2 Å². The average Bonchev–Trinajstić information content (AvgIpc) is 4.04. The maximum Gasteiger partial charge on any atom is 0.407 e. The number of fused-ring (bicyclic) bond motifs is 6. The molecule has 0 radical (unpaired) electrons. The monoisotopic (exact) mass is 848 g/mol. The molecule has 0 saturated carbocycles. The van der Waals surface area contributed by atoms with E-state index >= 15 is 0 Å². The lowest BCUT2D eigenvalue weighted by Crippen LogP contribution is -2.53. The molecule has 7 rings (SSSR count). The summed E-state index contributed by atoms with van der Waals surface area (Å²) in [4.78, 5) is 72.7.